The van der Waals surface area contributed by atoms with E-state index in [0.29, 0.717) is 17.7 Å². The number of amides is 1. The molecule has 2 saturated heterocycles. The van der Waals surface area contributed by atoms with Crippen LogP contribution in [-0.4, -0.2) is 48.4 Å². The molecule has 3 aliphatic rings. The number of carbonyl (C=O) groups excluding carboxylic acids is 1. The van der Waals surface area contributed by atoms with Crippen molar-refractivity contribution in [1.82, 2.24) is 9.80 Å². The van der Waals surface area contributed by atoms with Crippen LogP contribution in [0.25, 0.3) is 0 Å². The molecular formula is C23H34N2O. The first-order valence-corrected chi connectivity index (χ1v) is 10.7. The SMILES string of the molecule is CC(C)C(=O)N1CC2CCC(c3ccc(CCN4CCCC4)cc3)C2C1. The van der Waals surface area contributed by atoms with Crippen LogP contribution in [0.15, 0.2) is 24.3 Å². The molecule has 3 atom stereocenters. The normalized spacial score (nSPS) is 28.9. The highest BCUT2D eigenvalue weighted by Gasteiger charge is 2.44. The summed E-state index contributed by atoms with van der Waals surface area (Å²) in [6.45, 7) is 9.79. The number of hydrogen-bond acceptors (Lipinski definition) is 2. The molecule has 0 spiro atoms. The smallest absolute Gasteiger partial charge is 0.225 e. The maximum atomic E-state index is 12.4. The fraction of sp³-hybridized carbons (Fsp3) is 0.696. The van der Waals surface area contributed by atoms with Crippen LogP contribution in [0.5, 0.6) is 0 Å². The Morgan fingerprint density at radius 1 is 1.08 bits per heavy atom. The Bertz CT molecular complexity index is 618. The van der Waals surface area contributed by atoms with Crippen LogP contribution in [0.2, 0.25) is 0 Å². The molecule has 2 heterocycles. The van der Waals surface area contributed by atoms with Gasteiger partial charge in [-0.25, -0.2) is 0 Å². The molecule has 0 N–H and O–H groups in total. The van der Waals surface area contributed by atoms with E-state index < -0.39 is 0 Å². The van der Waals surface area contributed by atoms with Crippen LogP contribution >= 0.6 is 0 Å². The summed E-state index contributed by atoms with van der Waals surface area (Å²) in [6, 6.07) is 9.45. The van der Waals surface area contributed by atoms with E-state index in [0.717, 1.165) is 19.0 Å². The maximum Gasteiger partial charge on any atom is 0.225 e. The zero-order chi connectivity index (χ0) is 18.1. The lowest BCUT2D eigenvalue weighted by molar-refractivity contribution is -0.133. The summed E-state index contributed by atoms with van der Waals surface area (Å²) in [6.07, 6.45) is 6.51. The number of rotatable bonds is 5. The topological polar surface area (TPSA) is 23.6 Å². The third kappa shape index (κ3) is 3.69. The Morgan fingerprint density at radius 2 is 1.81 bits per heavy atom. The van der Waals surface area contributed by atoms with Gasteiger partial charge in [-0.3, -0.25) is 4.79 Å². The van der Waals surface area contributed by atoms with Gasteiger partial charge in [0.25, 0.3) is 0 Å². The molecule has 3 fully saturated rings. The van der Waals surface area contributed by atoms with Crippen molar-refractivity contribution in [1.29, 1.82) is 0 Å². The van der Waals surface area contributed by atoms with Crippen molar-refractivity contribution < 1.29 is 4.79 Å². The summed E-state index contributed by atoms with van der Waals surface area (Å²) in [5.41, 5.74) is 2.97. The minimum atomic E-state index is 0.127. The average molecular weight is 355 g/mol. The van der Waals surface area contributed by atoms with Gasteiger partial charge >= 0.3 is 0 Å². The highest BCUT2D eigenvalue weighted by atomic mass is 16.2. The minimum absolute atomic E-state index is 0.127. The van der Waals surface area contributed by atoms with Crippen molar-refractivity contribution >= 4 is 5.91 Å². The fourth-order valence-corrected chi connectivity index (χ4v) is 5.45. The molecule has 2 aliphatic heterocycles. The van der Waals surface area contributed by atoms with E-state index in [9.17, 15) is 4.79 Å². The number of carbonyl (C=O) groups is 1. The molecule has 3 heteroatoms. The third-order valence-corrected chi connectivity index (χ3v) is 6.99. The van der Waals surface area contributed by atoms with Gasteiger partial charge in [0.1, 0.15) is 0 Å². The summed E-state index contributed by atoms with van der Waals surface area (Å²) >= 11 is 0. The molecule has 3 unspecified atom stereocenters. The van der Waals surface area contributed by atoms with Crippen LogP contribution in [0.3, 0.4) is 0 Å². The van der Waals surface area contributed by atoms with Crippen LogP contribution in [0.4, 0.5) is 0 Å². The molecule has 142 valence electrons. The van der Waals surface area contributed by atoms with Gasteiger partial charge in [-0.15, -0.1) is 0 Å². The Balaban J connectivity index is 1.36. The van der Waals surface area contributed by atoms with E-state index >= 15 is 0 Å². The first-order chi connectivity index (χ1) is 12.6. The summed E-state index contributed by atoms with van der Waals surface area (Å²) in [5, 5.41) is 0. The predicted octanol–water partition coefficient (Wildman–Crippen LogP) is 3.93. The van der Waals surface area contributed by atoms with Crippen molar-refractivity contribution in [2.75, 3.05) is 32.7 Å². The molecule has 26 heavy (non-hydrogen) atoms. The van der Waals surface area contributed by atoms with Gasteiger partial charge in [0.15, 0.2) is 0 Å². The van der Waals surface area contributed by atoms with Gasteiger partial charge in [-0.2, -0.15) is 0 Å². The first kappa shape index (κ1) is 18.0. The van der Waals surface area contributed by atoms with Gasteiger partial charge in [0.05, 0.1) is 0 Å². The second-order valence-corrected chi connectivity index (χ2v) is 9.05. The molecule has 1 saturated carbocycles. The first-order valence-electron chi connectivity index (χ1n) is 10.7. The third-order valence-electron chi connectivity index (χ3n) is 6.99. The molecular weight excluding hydrogens is 320 g/mol. The van der Waals surface area contributed by atoms with E-state index in [1.807, 2.05) is 13.8 Å². The summed E-state index contributed by atoms with van der Waals surface area (Å²) in [5.74, 6) is 2.51. The molecule has 1 aromatic carbocycles. The second-order valence-electron chi connectivity index (χ2n) is 9.05. The Labute approximate surface area is 158 Å². The lowest BCUT2D eigenvalue weighted by Gasteiger charge is -2.22. The number of hydrogen-bond donors (Lipinski definition) is 0. The highest BCUT2D eigenvalue weighted by Crippen LogP contribution is 2.47. The number of benzene rings is 1. The van der Waals surface area contributed by atoms with Crippen LogP contribution in [0.1, 0.15) is 56.6 Å². The van der Waals surface area contributed by atoms with E-state index in [4.69, 9.17) is 0 Å². The van der Waals surface area contributed by atoms with Gasteiger partial charge in [0, 0.05) is 25.6 Å². The van der Waals surface area contributed by atoms with Crippen molar-refractivity contribution in [3.05, 3.63) is 35.4 Å². The quantitative estimate of drug-likeness (QED) is 0.800. The summed E-state index contributed by atoms with van der Waals surface area (Å²) in [4.78, 5) is 17.1. The Hall–Kier alpha value is -1.35. The monoisotopic (exact) mass is 354 g/mol. The Kier molecular flexibility index (Phi) is 5.35. The largest absolute Gasteiger partial charge is 0.342 e. The van der Waals surface area contributed by atoms with E-state index in [1.165, 1.54) is 62.9 Å². The van der Waals surface area contributed by atoms with Gasteiger partial charge < -0.3 is 9.80 Å². The van der Waals surface area contributed by atoms with E-state index in [1.54, 1.807) is 0 Å². The molecule has 3 nitrogen and oxygen atoms in total. The lowest BCUT2D eigenvalue weighted by atomic mass is 9.86. The van der Waals surface area contributed by atoms with Crippen molar-refractivity contribution in [3.8, 4) is 0 Å². The van der Waals surface area contributed by atoms with Crippen LogP contribution in [0, 0.1) is 17.8 Å². The van der Waals surface area contributed by atoms with Crippen LogP contribution < -0.4 is 0 Å². The standard InChI is InChI=1S/C23H34N2O/c1-17(2)23(26)25-15-20-9-10-21(22(20)16-25)19-7-5-18(6-8-19)11-14-24-12-3-4-13-24/h5-8,17,20-22H,3-4,9-16H2,1-2H3. The van der Waals surface area contributed by atoms with E-state index in [-0.39, 0.29) is 5.92 Å². The van der Waals surface area contributed by atoms with E-state index in [2.05, 4.69) is 34.1 Å². The molecule has 0 aromatic heterocycles. The van der Waals surface area contributed by atoms with Gasteiger partial charge in [-0.1, -0.05) is 38.1 Å². The fourth-order valence-electron chi connectivity index (χ4n) is 5.45. The molecule has 1 aromatic rings. The Morgan fingerprint density at radius 3 is 2.50 bits per heavy atom. The van der Waals surface area contributed by atoms with Crippen molar-refractivity contribution in [3.63, 3.8) is 0 Å². The molecule has 1 aliphatic carbocycles. The summed E-state index contributed by atoms with van der Waals surface area (Å²) in [7, 11) is 0. The van der Waals surface area contributed by atoms with Gasteiger partial charge in [0.2, 0.25) is 5.91 Å². The number of fused-ring (bicyclic) bond motifs is 1. The van der Waals surface area contributed by atoms with Crippen molar-refractivity contribution in [2.24, 2.45) is 17.8 Å². The maximum absolute atomic E-state index is 12.4. The average Bonchev–Trinajstić information content (AvgIpc) is 3.36. The van der Waals surface area contributed by atoms with Gasteiger partial charge in [-0.05, 0) is 74.1 Å². The van der Waals surface area contributed by atoms with Crippen LogP contribution in [-0.2, 0) is 11.2 Å². The van der Waals surface area contributed by atoms with Crippen molar-refractivity contribution in [2.45, 2.75) is 51.9 Å². The number of nitrogens with zero attached hydrogens (tertiary/aromatic N) is 2. The summed E-state index contributed by atoms with van der Waals surface area (Å²) < 4.78 is 0. The molecule has 0 bridgehead atoms. The predicted molar refractivity (Wildman–Crippen MR) is 106 cm³/mol. The molecule has 1 amide bonds. The second kappa shape index (κ2) is 7.72. The number of likely N-dealkylation sites (tertiary alicyclic amines) is 2. The molecule has 0 radical (unpaired) electrons. The highest BCUT2D eigenvalue weighted by molar-refractivity contribution is 5.78. The zero-order valence-corrected chi connectivity index (χ0v) is 16.5. The lowest BCUT2D eigenvalue weighted by Crippen LogP contribution is -2.33. The molecule has 4 rings (SSSR count). The minimum Gasteiger partial charge on any atom is -0.342 e. The zero-order valence-electron chi connectivity index (χ0n) is 16.5.